The molecule has 1 rings (SSSR count). The highest BCUT2D eigenvalue weighted by molar-refractivity contribution is 8.05. The zero-order valence-electron chi connectivity index (χ0n) is 6.42. The van der Waals surface area contributed by atoms with Gasteiger partial charge in [0.15, 0.2) is 0 Å². The van der Waals surface area contributed by atoms with E-state index in [1.807, 2.05) is 11.6 Å². The van der Waals surface area contributed by atoms with Gasteiger partial charge < -0.3 is 0 Å². The van der Waals surface area contributed by atoms with Gasteiger partial charge in [-0.3, -0.25) is 5.32 Å². The molecule has 1 heterocycles. The van der Waals surface area contributed by atoms with Crippen molar-refractivity contribution in [1.82, 2.24) is 5.32 Å². The van der Waals surface area contributed by atoms with Crippen molar-refractivity contribution in [3.63, 3.8) is 0 Å². The van der Waals surface area contributed by atoms with Crippen LogP contribution < -0.4 is 5.32 Å². The number of nitrogens with zero attached hydrogens (tertiary/aromatic N) is 1. The minimum Gasteiger partial charge on any atom is -0.260 e. The van der Waals surface area contributed by atoms with Crippen molar-refractivity contribution in [3.05, 3.63) is 22.2 Å². The Morgan fingerprint density at radius 3 is 2.70 bits per heavy atom. The van der Waals surface area contributed by atoms with Crippen molar-refractivity contribution in [2.24, 2.45) is 0 Å². The van der Waals surface area contributed by atoms with Crippen molar-refractivity contribution < 1.29 is 0 Å². The zero-order valence-corrected chi connectivity index (χ0v) is 7.24. The first kappa shape index (κ1) is 7.73. The van der Waals surface area contributed by atoms with Gasteiger partial charge in [0.1, 0.15) is 0 Å². The highest BCUT2D eigenvalue weighted by Gasteiger charge is 2.05. The molecule has 0 aromatic rings. The Hall–Kier alpha value is -0.370. The Morgan fingerprint density at radius 1 is 1.40 bits per heavy atom. The molecule has 0 amide bonds. The Bertz CT molecular complexity index is 152. The Balaban J connectivity index is 2.66. The summed E-state index contributed by atoms with van der Waals surface area (Å²) in [5.74, 6) is 0. The zero-order chi connectivity index (χ0) is 7.40. The highest BCUT2D eigenvalue weighted by Crippen LogP contribution is 2.27. The fraction of sp³-hybridized carbons (Fsp3) is 0.500. The molecule has 0 fully saturated rings. The van der Waals surface area contributed by atoms with Crippen LogP contribution in [0.15, 0.2) is 22.2 Å². The largest absolute Gasteiger partial charge is 0.260 e. The number of thioether (sulfide) groups is 1. The summed E-state index contributed by atoms with van der Waals surface area (Å²) >= 11 is 1.80. The summed E-state index contributed by atoms with van der Waals surface area (Å²) in [6.45, 7) is 4.32. The summed E-state index contributed by atoms with van der Waals surface area (Å²) < 4.78 is 0. The summed E-state index contributed by atoms with van der Waals surface area (Å²) in [7, 11) is 0. The van der Waals surface area contributed by atoms with Gasteiger partial charge in [-0.2, -0.15) is 0 Å². The third-order valence-corrected chi connectivity index (χ3v) is 2.55. The van der Waals surface area contributed by atoms with Crippen LogP contribution in [0.25, 0.3) is 0 Å². The van der Waals surface area contributed by atoms with E-state index in [1.54, 1.807) is 11.8 Å². The maximum absolute atomic E-state index is 4.28. The van der Waals surface area contributed by atoms with Crippen LogP contribution in [0.4, 0.5) is 0 Å². The average molecular weight is 154 g/mol. The summed E-state index contributed by atoms with van der Waals surface area (Å²) in [6, 6.07) is 0. The van der Waals surface area contributed by atoms with Crippen molar-refractivity contribution in [2.75, 3.05) is 0 Å². The lowest BCUT2D eigenvalue weighted by atomic mass is 10.3. The Kier molecular flexibility index (Phi) is 2.87. The maximum Gasteiger partial charge on any atom is 0.0499 e. The number of rotatable bonds is 2. The van der Waals surface area contributed by atoms with Crippen LogP contribution in [0, 0.1) is 0 Å². The number of allylic oxidation sites excluding steroid dienone is 2. The fourth-order valence-corrected chi connectivity index (χ4v) is 1.73. The minimum atomic E-state index is 1.06. The second-order valence-electron chi connectivity index (χ2n) is 2.11. The molecule has 1 nitrogen and oxygen atoms in total. The molecule has 0 bridgehead atoms. The summed E-state index contributed by atoms with van der Waals surface area (Å²) in [6.07, 6.45) is 4.05. The predicted molar refractivity (Wildman–Crippen MR) is 46.5 cm³/mol. The van der Waals surface area contributed by atoms with Gasteiger partial charge in [0, 0.05) is 16.8 Å². The van der Waals surface area contributed by atoms with Gasteiger partial charge in [0.05, 0.1) is 0 Å². The van der Waals surface area contributed by atoms with Gasteiger partial charge in [-0.1, -0.05) is 25.6 Å². The molecule has 0 atom stereocenters. The number of hydrogen-bond acceptors (Lipinski definition) is 1. The van der Waals surface area contributed by atoms with E-state index in [0.29, 0.717) is 0 Å². The molecule has 55 valence electrons. The third-order valence-electron chi connectivity index (χ3n) is 1.48. The summed E-state index contributed by atoms with van der Waals surface area (Å²) in [5.41, 5.74) is 1.26. The van der Waals surface area contributed by atoms with Crippen LogP contribution in [0.3, 0.4) is 0 Å². The summed E-state index contributed by atoms with van der Waals surface area (Å²) in [5, 5.41) is 6.32. The van der Waals surface area contributed by atoms with Gasteiger partial charge in [0.25, 0.3) is 0 Å². The highest BCUT2D eigenvalue weighted by atomic mass is 32.2. The lowest BCUT2D eigenvalue weighted by molar-refractivity contribution is 0.901. The van der Waals surface area contributed by atoms with E-state index in [1.165, 1.54) is 10.6 Å². The topological polar surface area (TPSA) is 14.1 Å². The van der Waals surface area contributed by atoms with Gasteiger partial charge in [0.2, 0.25) is 0 Å². The van der Waals surface area contributed by atoms with Crippen molar-refractivity contribution in [3.8, 4) is 0 Å². The van der Waals surface area contributed by atoms with Crippen molar-refractivity contribution in [1.29, 1.82) is 0 Å². The molecule has 1 aliphatic rings. The average Bonchev–Trinajstić information content (AvgIpc) is 2.04. The lowest BCUT2D eigenvalue weighted by Gasteiger charge is -2.11. The van der Waals surface area contributed by atoms with Crippen LogP contribution in [0.1, 0.15) is 26.7 Å². The molecular weight excluding hydrogens is 142 g/mol. The SMILES string of the molecule is CCC1=C(CC)SC=C[N]1. The molecule has 2 heteroatoms. The van der Waals surface area contributed by atoms with Gasteiger partial charge >= 0.3 is 0 Å². The van der Waals surface area contributed by atoms with E-state index in [0.717, 1.165) is 12.8 Å². The molecular formula is C8H12NS. The lowest BCUT2D eigenvalue weighted by Crippen LogP contribution is -2.01. The molecule has 0 saturated heterocycles. The molecule has 1 aliphatic heterocycles. The molecule has 1 radical (unpaired) electrons. The quantitative estimate of drug-likeness (QED) is 0.596. The van der Waals surface area contributed by atoms with Crippen LogP contribution in [0.5, 0.6) is 0 Å². The number of hydrogen-bond donors (Lipinski definition) is 0. The van der Waals surface area contributed by atoms with Gasteiger partial charge in [-0.05, 0) is 18.2 Å². The van der Waals surface area contributed by atoms with E-state index in [9.17, 15) is 0 Å². The van der Waals surface area contributed by atoms with Crippen LogP contribution in [-0.2, 0) is 0 Å². The third kappa shape index (κ3) is 1.57. The molecule has 0 aliphatic carbocycles. The van der Waals surface area contributed by atoms with Crippen LogP contribution in [0.2, 0.25) is 0 Å². The van der Waals surface area contributed by atoms with E-state index >= 15 is 0 Å². The van der Waals surface area contributed by atoms with E-state index in [2.05, 4.69) is 19.2 Å². The smallest absolute Gasteiger partial charge is 0.0499 e. The first-order chi connectivity index (χ1) is 4.88. The van der Waals surface area contributed by atoms with Crippen molar-refractivity contribution >= 4 is 11.8 Å². The first-order valence-electron chi connectivity index (χ1n) is 3.63. The van der Waals surface area contributed by atoms with Gasteiger partial charge in [-0.25, -0.2) is 0 Å². The Labute approximate surface area is 66.6 Å². The fourth-order valence-electron chi connectivity index (χ4n) is 0.949. The molecule has 0 unspecified atom stereocenters. The van der Waals surface area contributed by atoms with Crippen molar-refractivity contribution in [2.45, 2.75) is 26.7 Å². The van der Waals surface area contributed by atoms with E-state index < -0.39 is 0 Å². The molecule has 0 aromatic carbocycles. The second-order valence-corrected chi connectivity index (χ2v) is 3.11. The summed E-state index contributed by atoms with van der Waals surface area (Å²) in [4.78, 5) is 1.42. The molecule has 10 heavy (non-hydrogen) atoms. The van der Waals surface area contributed by atoms with Crippen LogP contribution >= 0.6 is 11.8 Å². The molecule has 0 saturated carbocycles. The van der Waals surface area contributed by atoms with E-state index in [-0.39, 0.29) is 0 Å². The first-order valence-corrected chi connectivity index (χ1v) is 4.51. The molecule has 0 spiro atoms. The monoisotopic (exact) mass is 154 g/mol. The van der Waals surface area contributed by atoms with Crippen LogP contribution in [-0.4, -0.2) is 0 Å². The van der Waals surface area contributed by atoms with Gasteiger partial charge in [-0.15, -0.1) is 0 Å². The standard InChI is InChI=1S/C8H12NS/c1-3-7-8(4-2)10-6-5-9-7/h5-6H,3-4H2,1-2H3. The minimum absolute atomic E-state index is 1.06. The van der Waals surface area contributed by atoms with E-state index in [4.69, 9.17) is 0 Å². The maximum atomic E-state index is 4.28. The Morgan fingerprint density at radius 2 is 2.20 bits per heavy atom. The normalized spacial score (nSPS) is 17.4. The predicted octanol–water partition coefficient (Wildman–Crippen LogP) is 2.84. The molecule has 0 N–H and O–H groups in total. The molecule has 0 aromatic heterocycles. The second kappa shape index (κ2) is 3.71.